The van der Waals surface area contributed by atoms with Gasteiger partial charge in [0.15, 0.2) is 0 Å². The molecule has 0 aliphatic carbocycles. The molecule has 0 rings (SSSR count). The third-order valence-corrected chi connectivity index (χ3v) is 2.53. The van der Waals surface area contributed by atoms with E-state index in [9.17, 15) is 9.59 Å². The summed E-state index contributed by atoms with van der Waals surface area (Å²) in [5.74, 6) is -1.43. The van der Waals surface area contributed by atoms with Gasteiger partial charge in [-0.25, -0.2) is 0 Å². The molecule has 0 heterocycles. The van der Waals surface area contributed by atoms with Crippen molar-refractivity contribution in [1.29, 1.82) is 0 Å². The number of halogens is 2. The Balaban J connectivity index is -0.00000112. The fraction of sp³-hybridized carbons (Fsp3) is 0.833. The van der Waals surface area contributed by atoms with E-state index in [1.165, 1.54) is 0 Å². The first-order valence-electron chi connectivity index (χ1n) is 6.06. The van der Waals surface area contributed by atoms with Crippen LogP contribution in [-0.2, 0) is 9.59 Å². The Morgan fingerprint density at radius 3 is 1.00 bits per heavy atom. The lowest BCUT2D eigenvalue weighted by atomic mass is 10.1. The van der Waals surface area contributed by atoms with Crippen LogP contribution in [0.3, 0.4) is 0 Å². The number of hydrogen-bond donors (Lipinski definition) is 2. The SMILES string of the molecule is Br.Br.O=C(O)CCCCCCCCCCC(=O)O. The van der Waals surface area contributed by atoms with Crippen molar-refractivity contribution in [3.63, 3.8) is 0 Å². The highest BCUT2D eigenvalue weighted by atomic mass is 79.9. The lowest BCUT2D eigenvalue weighted by molar-refractivity contribution is -0.138. The van der Waals surface area contributed by atoms with Crippen LogP contribution in [0.1, 0.15) is 64.2 Å². The monoisotopic (exact) mass is 390 g/mol. The van der Waals surface area contributed by atoms with Gasteiger partial charge in [0.1, 0.15) is 0 Å². The molecule has 0 radical (unpaired) electrons. The summed E-state index contributed by atoms with van der Waals surface area (Å²) in [6.45, 7) is 0. The standard InChI is InChI=1S/C12H22O4.2BrH/c13-11(14)9-7-5-3-1-2-4-6-8-10-12(15)16;;/h1-10H2,(H,13,14)(H,15,16);2*1H. The molecule has 0 atom stereocenters. The topological polar surface area (TPSA) is 74.6 Å². The second-order valence-corrected chi connectivity index (χ2v) is 4.12. The molecule has 110 valence electrons. The number of carbonyl (C=O) groups is 2. The van der Waals surface area contributed by atoms with Crippen molar-refractivity contribution in [3.8, 4) is 0 Å². The molecule has 0 bridgehead atoms. The minimum absolute atomic E-state index is 0. The van der Waals surface area contributed by atoms with E-state index in [2.05, 4.69) is 0 Å². The number of aliphatic carboxylic acids is 2. The fourth-order valence-electron chi connectivity index (χ4n) is 1.61. The van der Waals surface area contributed by atoms with Crippen LogP contribution >= 0.6 is 34.0 Å². The second-order valence-electron chi connectivity index (χ2n) is 4.12. The third-order valence-electron chi connectivity index (χ3n) is 2.53. The first kappa shape index (κ1) is 23.0. The van der Waals surface area contributed by atoms with Crippen molar-refractivity contribution < 1.29 is 19.8 Å². The highest BCUT2D eigenvalue weighted by molar-refractivity contribution is 8.93. The molecule has 4 nitrogen and oxygen atoms in total. The van der Waals surface area contributed by atoms with Crippen LogP contribution in [0.5, 0.6) is 0 Å². The predicted octanol–water partition coefficient (Wildman–Crippen LogP) is 4.21. The summed E-state index contributed by atoms with van der Waals surface area (Å²) < 4.78 is 0. The molecule has 6 heteroatoms. The van der Waals surface area contributed by atoms with Gasteiger partial charge >= 0.3 is 11.9 Å². The molecule has 0 aliphatic rings. The lowest BCUT2D eigenvalue weighted by Gasteiger charge is -2.00. The van der Waals surface area contributed by atoms with Crippen molar-refractivity contribution in [2.75, 3.05) is 0 Å². The molecule has 0 saturated heterocycles. The molecule has 0 amide bonds. The van der Waals surface area contributed by atoms with Gasteiger partial charge in [0.25, 0.3) is 0 Å². The van der Waals surface area contributed by atoms with Crippen molar-refractivity contribution >= 4 is 45.9 Å². The van der Waals surface area contributed by atoms with Gasteiger partial charge < -0.3 is 10.2 Å². The summed E-state index contributed by atoms with van der Waals surface area (Å²) in [5.41, 5.74) is 0. The summed E-state index contributed by atoms with van der Waals surface area (Å²) in [7, 11) is 0. The summed E-state index contributed by atoms with van der Waals surface area (Å²) in [6.07, 6.45) is 8.51. The zero-order valence-electron chi connectivity index (χ0n) is 10.6. The molecule has 0 unspecified atom stereocenters. The first-order valence-corrected chi connectivity index (χ1v) is 6.06. The van der Waals surface area contributed by atoms with Gasteiger partial charge in [0, 0.05) is 12.8 Å². The van der Waals surface area contributed by atoms with Crippen molar-refractivity contribution in [1.82, 2.24) is 0 Å². The first-order chi connectivity index (χ1) is 7.63. The van der Waals surface area contributed by atoms with Crippen LogP contribution in [0.4, 0.5) is 0 Å². The number of rotatable bonds is 11. The largest absolute Gasteiger partial charge is 0.481 e. The minimum atomic E-state index is -0.714. The van der Waals surface area contributed by atoms with E-state index in [-0.39, 0.29) is 46.8 Å². The average molecular weight is 392 g/mol. The van der Waals surface area contributed by atoms with Crippen LogP contribution < -0.4 is 0 Å². The van der Waals surface area contributed by atoms with Crippen LogP contribution in [-0.4, -0.2) is 22.2 Å². The maximum Gasteiger partial charge on any atom is 0.303 e. The third kappa shape index (κ3) is 21.2. The predicted molar refractivity (Wildman–Crippen MR) is 82.1 cm³/mol. The zero-order chi connectivity index (χ0) is 12.2. The van der Waals surface area contributed by atoms with Gasteiger partial charge in [-0.3, -0.25) is 9.59 Å². The van der Waals surface area contributed by atoms with Gasteiger partial charge in [0.05, 0.1) is 0 Å². The van der Waals surface area contributed by atoms with Crippen LogP contribution in [0.15, 0.2) is 0 Å². The second kappa shape index (κ2) is 16.9. The van der Waals surface area contributed by atoms with Gasteiger partial charge in [0.2, 0.25) is 0 Å². The maximum absolute atomic E-state index is 10.2. The lowest BCUT2D eigenvalue weighted by Crippen LogP contribution is -1.94. The van der Waals surface area contributed by atoms with Crippen molar-refractivity contribution in [2.24, 2.45) is 0 Å². The van der Waals surface area contributed by atoms with Crippen LogP contribution in [0, 0.1) is 0 Å². The molecule has 0 aromatic heterocycles. The van der Waals surface area contributed by atoms with E-state index in [1.54, 1.807) is 0 Å². The fourth-order valence-corrected chi connectivity index (χ4v) is 1.61. The number of hydrogen-bond acceptors (Lipinski definition) is 2. The highest BCUT2D eigenvalue weighted by Crippen LogP contribution is 2.10. The molecular weight excluding hydrogens is 368 g/mol. The van der Waals surface area contributed by atoms with Crippen molar-refractivity contribution in [2.45, 2.75) is 64.2 Å². The maximum atomic E-state index is 10.2. The molecule has 0 fully saturated rings. The van der Waals surface area contributed by atoms with E-state index in [0.717, 1.165) is 51.4 Å². The summed E-state index contributed by atoms with van der Waals surface area (Å²) in [4.78, 5) is 20.4. The molecule has 0 aromatic rings. The smallest absolute Gasteiger partial charge is 0.303 e. The zero-order valence-corrected chi connectivity index (χ0v) is 14.0. The van der Waals surface area contributed by atoms with E-state index < -0.39 is 11.9 Å². The van der Waals surface area contributed by atoms with Gasteiger partial charge in [-0.1, -0.05) is 38.5 Å². The Bertz CT molecular complexity index is 188. The number of carboxylic acids is 2. The summed E-state index contributed by atoms with van der Waals surface area (Å²) >= 11 is 0. The van der Waals surface area contributed by atoms with Gasteiger partial charge in [-0.2, -0.15) is 0 Å². The Hall–Kier alpha value is -0.100. The number of carboxylic acid groups (broad SMARTS) is 2. The average Bonchev–Trinajstić information content (AvgIpc) is 2.20. The van der Waals surface area contributed by atoms with Gasteiger partial charge in [-0.05, 0) is 12.8 Å². The molecule has 0 aromatic carbocycles. The Kier molecular flexibility index (Phi) is 21.6. The normalized spacial score (nSPS) is 9.11. The van der Waals surface area contributed by atoms with Gasteiger partial charge in [-0.15, -0.1) is 34.0 Å². The van der Waals surface area contributed by atoms with E-state index in [0.29, 0.717) is 0 Å². The van der Waals surface area contributed by atoms with Crippen LogP contribution in [0.25, 0.3) is 0 Å². The Morgan fingerprint density at radius 1 is 0.556 bits per heavy atom. The quantitative estimate of drug-likeness (QED) is 0.517. The Labute approximate surface area is 130 Å². The summed E-state index contributed by atoms with van der Waals surface area (Å²) in [6, 6.07) is 0. The molecule has 0 saturated carbocycles. The molecule has 0 spiro atoms. The highest BCUT2D eigenvalue weighted by Gasteiger charge is 1.98. The number of unbranched alkanes of at least 4 members (excludes halogenated alkanes) is 7. The molecular formula is C12H24Br2O4. The van der Waals surface area contributed by atoms with Crippen molar-refractivity contribution in [3.05, 3.63) is 0 Å². The summed E-state index contributed by atoms with van der Waals surface area (Å²) in [5, 5.41) is 16.8. The Morgan fingerprint density at radius 2 is 0.778 bits per heavy atom. The molecule has 0 aliphatic heterocycles. The minimum Gasteiger partial charge on any atom is -0.481 e. The van der Waals surface area contributed by atoms with E-state index >= 15 is 0 Å². The van der Waals surface area contributed by atoms with Crippen LogP contribution in [0.2, 0.25) is 0 Å². The molecule has 18 heavy (non-hydrogen) atoms. The molecule has 2 N–H and O–H groups in total. The van der Waals surface area contributed by atoms with E-state index in [4.69, 9.17) is 10.2 Å². The van der Waals surface area contributed by atoms with E-state index in [1.807, 2.05) is 0 Å².